The normalized spacial score (nSPS) is 15.3. The van der Waals surface area contributed by atoms with Crippen LogP contribution in [0.1, 0.15) is 43.0 Å². The Morgan fingerprint density at radius 3 is 2.16 bits per heavy atom. The van der Waals surface area contributed by atoms with Gasteiger partial charge in [0.05, 0.1) is 5.41 Å². The van der Waals surface area contributed by atoms with Gasteiger partial charge in [0.25, 0.3) is 0 Å². The topological polar surface area (TPSA) is 28.8 Å². The molecule has 0 amide bonds. The molecule has 1 aliphatic rings. The third-order valence-electron chi connectivity index (χ3n) is 6.23. The second-order valence-corrected chi connectivity index (χ2v) is 9.73. The van der Waals surface area contributed by atoms with Crippen LogP contribution in [0.15, 0.2) is 72.8 Å². The van der Waals surface area contributed by atoms with Crippen LogP contribution in [0, 0.1) is 0 Å². The summed E-state index contributed by atoms with van der Waals surface area (Å²) in [6.45, 7) is 7.82. The zero-order valence-electron chi connectivity index (χ0n) is 18.6. The number of fused-ring (bicyclic) bond motifs is 2. The van der Waals surface area contributed by atoms with Gasteiger partial charge < -0.3 is 0 Å². The Morgan fingerprint density at radius 1 is 0.781 bits per heavy atom. The van der Waals surface area contributed by atoms with Crippen LogP contribution in [0.25, 0.3) is 29.3 Å². The molecular weight excluding hydrogens is 457 g/mol. The second kappa shape index (κ2) is 8.46. The van der Waals surface area contributed by atoms with Crippen molar-refractivity contribution in [2.24, 2.45) is 0 Å². The summed E-state index contributed by atoms with van der Waals surface area (Å²) >= 11 is 0.0248. The molecule has 158 valence electrons. The molecule has 2 heterocycles. The Morgan fingerprint density at radius 2 is 1.41 bits per heavy atom. The van der Waals surface area contributed by atoms with E-state index in [4.69, 9.17) is 0 Å². The fourth-order valence-electron chi connectivity index (χ4n) is 4.47. The molecule has 4 heteroatoms. The first-order chi connectivity index (χ1) is 15.6. The predicted octanol–water partition coefficient (Wildman–Crippen LogP) is 5.97. The van der Waals surface area contributed by atoms with Crippen molar-refractivity contribution in [1.29, 1.82) is 0 Å². The van der Waals surface area contributed by atoms with E-state index in [1.807, 2.05) is 0 Å². The first-order valence-electron chi connectivity index (χ1n) is 11.0. The monoisotopic (exact) mass is 484 g/mol. The third kappa shape index (κ3) is 3.81. The van der Waals surface area contributed by atoms with E-state index < -0.39 is 0 Å². The minimum absolute atomic E-state index is 0.00231. The predicted molar refractivity (Wildman–Crippen MR) is 136 cm³/mol. The summed E-state index contributed by atoms with van der Waals surface area (Å²) in [5.41, 5.74) is 9.66. The molecule has 1 aliphatic heterocycles. The molecule has 0 unspecified atom stereocenters. The molecule has 0 saturated heterocycles. The molecule has 0 spiro atoms. The molecule has 3 aromatic carbocycles. The summed E-state index contributed by atoms with van der Waals surface area (Å²) in [5.74, 6) is 0. The second-order valence-electron chi connectivity index (χ2n) is 8.62. The number of rotatable bonds is 5. The molecule has 0 radical (unpaired) electrons. The molecule has 1 aromatic heterocycles. The summed E-state index contributed by atoms with van der Waals surface area (Å²) < 4.78 is 11.3. The SMILES string of the molecule is CC[N+]1=C(/C=C/c2ccc(/C=C/c3ccc4n[se]nc4c3)cc2)C(C)(C)c2ccccc21. The van der Waals surface area contributed by atoms with Gasteiger partial charge in [-0.3, -0.25) is 0 Å². The zero-order valence-corrected chi connectivity index (χ0v) is 20.3. The van der Waals surface area contributed by atoms with Gasteiger partial charge in [0, 0.05) is 11.6 Å². The smallest absolute Gasteiger partial charge is 0.0615 e. The molecule has 32 heavy (non-hydrogen) atoms. The average molecular weight is 483 g/mol. The fraction of sp³-hybridized carbons (Fsp3) is 0.179. The van der Waals surface area contributed by atoms with Gasteiger partial charge in [0.1, 0.15) is 6.54 Å². The molecule has 0 fully saturated rings. The number of hydrogen-bond acceptors (Lipinski definition) is 2. The van der Waals surface area contributed by atoms with Gasteiger partial charge in [-0.05, 0) is 20.8 Å². The van der Waals surface area contributed by atoms with Crippen molar-refractivity contribution in [3.05, 3.63) is 95.1 Å². The average Bonchev–Trinajstić information content (AvgIpc) is 3.37. The number of nitrogens with zero attached hydrogens (tertiary/aromatic N) is 3. The Hall–Kier alpha value is -3.07. The van der Waals surface area contributed by atoms with Crippen molar-refractivity contribution in [2.45, 2.75) is 26.2 Å². The van der Waals surface area contributed by atoms with Crippen LogP contribution < -0.4 is 0 Å². The molecule has 5 rings (SSSR count). The van der Waals surface area contributed by atoms with Crippen molar-refractivity contribution < 1.29 is 4.58 Å². The van der Waals surface area contributed by atoms with E-state index in [9.17, 15) is 0 Å². The van der Waals surface area contributed by atoms with Gasteiger partial charge in [-0.25, -0.2) is 0 Å². The Balaban J connectivity index is 1.35. The molecule has 0 saturated carbocycles. The number of allylic oxidation sites excluding steroid dienone is 1. The van der Waals surface area contributed by atoms with Crippen molar-refractivity contribution in [1.82, 2.24) is 7.96 Å². The van der Waals surface area contributed by atoms with Crippen LogP contribution in [0.3, 0.4) is 0 Å². The number of para-hydroxylation sites is 1. The quantitative estimate of drug-likeness (QED) is 0.199. The van der Waals surface area contributed by atoms with Gasteiger partial charge >= 0.3 is 117 Å². The van der Waals surface area contributed by atoms with Crippen molar-refractivity contribution in [2.75, 3.05) is 6.54 Å². The van der Waals surface area contributed by atoms with Crippen molar-refractivity contribution in [3.63, 3.8) is 0 Å². The van der Waals surface area contributed by atoms with Crippen LogP contribution >= 0.6 is 0 Å². The molecule has 0 atom stereocenters. The summed E-state index contributed by atoms with van der Waals surface area (Å²) in [7, 11) is 0. The molecular formula is C28H26N3Se+. The van der Waals surface area contributed by atoms with Crippen LogP contribution in [-0.4, -0.2) is 39.8 Å². The minimum Gasteiger partial charge on any atom is -0.0615 e. The van der Waals surface area contributed by atoms with Crippen LogP contribution in [0.5, 0.6) is 0 Å². The standard InChI is InChI=1S/C28H26N3Se/c1-4-31-26-8-6-5-7-23(26)28(2,3)27(31)18-16-21-11-9-20(10-12-21)13-14-22-15-17-24-25(19-22)30-32-29-24/h5-19H,4H2,1-3H3/q+1/b14-13+,18-16+. The molecule has 0 N–H and O–H groups in total. The van der Waals surface area contributed by atoms with E-state index in [0.29, 0.717) is 0 Å². The molecule has 0 aliphatic carbocycles. The summed E-state index contributed by atoms with van der Waals surface area (Å²) in [5, 5.41) is 0. The number of benzene rings is 3. The fourth-order valence-corrected chi connectivity index (χ4v) is 5.56. The maximum Gasteiger partial charge on any atom is 0.209 e. The number of hydrogen-bond donors (Lipinski definition) is 0. The van der Waals surface area contributed by atoms with Gasteiger partial charge in [-0.1, -0.05) is 18.2 Å². The van der Waals surface area contributed by atoms with Crippen LogP contribution in [-0.2, 0) is 5.41 Å². The summed E-state index contributed by atoms with van der Waals surface area (Å²) in [6.07, 6.45) is 8.80. The minimum atomic E-state index is 0.00231. The van der Waals surface area contributed by atoms with E-state index >= 15 is 0 Å². The molecule has 0 bridgehead atoms. The number of aromatic nitrogens is 2. The Labute approximate surface area is 195 Å². The maximum atomic E-state index is 4.46. The zero-order chi connectivity index (χ0) is 22.1. The van der Waals surface area contributed by atoms with Crippen LogP contribution in [0.4, 0.5) is 5.69 Å². The van der Waals surface area contributed by atoms with Crippen molar-refractivity contribution in [3.8, 4) is 0 Å². The van der Waals surface area contributed by atoms with Gasteiger partial charge in [-0.2, -0.15) is 4.58 Å². The first-order valence-corrected chi connectivity index (χ1v) is 12.5. The first kappa shape index (κ1) is 20.8. The van der Waals surface area contributed by atoms with E-state index in [1.54, 1.807) is 0 Å². The van der Waals surface area contributed by atoms with Gasteiger partial charge in [0.15, 0.2) is 5.71 Å². The molecule has 4 aromatic rings. The van der Waals surface area contributed by atoms with Crippen molar-refractivity contribution >= 4 is 55.6 Å². The third-order valence-corrected chi connectivity index (χ3v) is 7.40. The van der Waals surface area contributed by atoms with E-state index in [0.717, 1.165) is 23.1 Å². The Bertz CT molecular complexity index is 1370. The van der Waals surface area contributed by atoms with Crippen LogP contribution in [0.2, 0.25) is 0 Å². The van der Waals surface area contributed by atoms with Gasteiger partial charge in [-0.15, -0.1) is 0 Å². The Kier molecular flexibility index (Phi) is 5.50. The van der Waals surface area contributed by atoms with Gasteiger partial charge in [0.2, 0.25) is 5.69 Å². The molecule has 3 nitrogen and oxygen atoms in total. The largest absolute Gasteiger partial charge is 0.209 e. The maximum absolute atomic E-state index is 4.46. The van der Waals surface area contributed by atoms with E-state index in [2.05, 4.69) is 124 Å². The summed E-state index contributed by atoms with van der Waals surface area (Å²) in [6, 6.07) is 23.7. The van der Waals surface area contributed by atoms with E-state index in [-0.39, 0.29) is 20.4 Å². The van der Waals surface area contributed by atoms with E-state index in [1.165, 1.54) is 28.1 Å². The summed E-state index contributed by atoms with van der Waals surface area (Å²) in [4.78, 5) is 0.